The minimum absolute atomic E-state index is 0.103. The van der Waals surface area contributed by atoms with Gasteiger partial charge in [-0.05, 0) is 57.4 Å². The standard InChI is InChI=1S/C30H30N4O4S/c1-29(2,3)38-28(36)33-30(15-8-16-30)21-13-11-20(12-14-21)24-22(19-9-6-5-7-10-19)23-25(37-24)32-27(39-4)34(18-17-31)26(23)35/h5-7,9-14H,8,15-16,18H2,1-4H3,(H,33,36). The summed E-state index contributed by atoms with van der Waals surface area (Å²) in [6.07, 6.45) is 4.04. The van der Waals surface area contributed by atoms with Crippen LogP contribution in [0, 0.1) is 11.3 Å². The molecule has 2 aromatic heterocycles. The maximum atomic E-state index is 13.6. The van der Waals surface area contributed by atoms with Crippen molar-refractivity contribution in [3.05, 3.63) is 70.5 Å². The largest absolute Gasteiger partial charge is 0.444 e. The Kier molecular flexibility index (Phi) is 7.00. The fraction of sp³-hybridized carbons (Fsp3) is 0.333. The fourth-order valence-electron chi connectivity index (χ4n) is 4.97. The first kappa shape index (κ1) is 26.6. The van der Waals surface area contributed by atoms with Crippen molar-refractivity contribution in [2.75, 3.05) is 6.26 Å². The van der Waals surface area contributed by atoms with Gasteiger partial charge in [0.15, 0.2) is 5.16 Å². The van der Waals surface area contributed by atoms with Crippen molar-refractivity contribution < 1.29 is 13.9 Å². The van der Waals surface area contributed by atoms with Gasteiger partial charge < -0.3 is 14.5 Å². The average Bonchev–Trinajstić information content (AvgIpc) is 3.27. The number of thioether (sulfide) groups is 1. The zero-order valence-electron chi connectivity index (χ0n) is 22.4. The second-order valence-electron chi connectivity index (χ2n) is 10.6. The van der Waals surface area contributed by atoms with Gasteiger partial charge in [0, 0.05) is 11.1 Å². The molecule has 1 saturated carbocycles. The Bertz CT molecular complexity index is 1620. The Morgan fingerprint density at radius 3 is 2.41 bits per heavy atom. The van der Waals surface area contributed by atoms with Crippen molar-refractivity contribution in [2.45, 2.75) is 62.9 Å². The maximum Gasteiger partial charge on any atom is 0.408 e. The minimum atomic E-state index is -0.579. The van der Waals surface area contributed by atoms with Crippen LogP contribution in [0.1, 0.15) is 45.6 Å². The Morgan fingerprint density at radius 1 is 1.15 bits per heavy atom. The van der Waals surface area contributed by atoms with Crippen LogP contribution in [0.15, 0.2) is 69.0 Å². The molecule has 200 valence electrons. The lowest BCUT2D eigenvalue weighted by Gasteiger charge is -2.43. The Balaban J connectivity index is 1.61. The first-order valence-electron chi connectivity index (χ1n) is 12.8. The average molecular weight is 543 g/mol. The Hall–Kier alpha value is -4.03. The lowest BCUT2D eigenvalue weighted by molar-refractivity contribution is 0.0377. The van der Waals surface area contributed by atoms with E-state index in [1.807, 2.05) is 81.6 Å². The smallest absolute Gasteiger partial charge is 0.408 e. The molecule has 0 spiro atoms. The normalized spacial score (nSPS) is 14.4. The van der Waals surface area contributed by atoms with Crippen molar-refractivity contribution in [3.63, 3.8) is 0 Å². The number of nitrogens with one attached hydrogen (secondary N) is 1. The number of benzene rings is 2. The van der Waals surface area contributed by atoms with Gasteiger partial charge >= 0.3 is 6.09 Å². The molecule has 5 rings (SSSR count). The molecule has 0 saturated heterocycles. The van der Waals surface area contributed by atoms with Gasteiger partial charge in [0.05, 0.1) is 11.6 Å². The highest BCUT2D eigenvalue weighted by Gasteiger charge is 2.41. The summed E-state index contributed by atoms with van der Waals surface area (Å²) in [5.74, 6) is 0.525. The number of carbonyl (C=O) groups excluding carboxylic acids is 1. The zero-order valence-corrected chi connectivity index (χ0v) is 23.2. The molecule has 8 nitrogen and oxygen atoms in total. The van der Waals surface area contributed by atoms with Crippen molar-refractivity contribution in [1.29, 1.82) is 5.26 Å². The quantitative estimate of drug-likeness (QED) is 0.219. The molecule has 0 aliphatic heterocycles. The number of furan rings is 1. The lowest BCUT2D eigenvalue weighted by Crippen LogP contribution is -2.52. The van der Waals surface area contributed by atoms with Crippen molar-refractivity contribution in [3.8, 4) is 28.5 Å². The van der Waals surface area contributed by atoms with Crippen LogP contribution in [-0.2, 0) is 16.8 Å². The number of rotatable bonds is 6. The predicted octanol–water partition coefficient (Wildman–Crippen LogP) is 6.47. The molecule has 2 aromatic carbocycles. The van der Waals surface area contributed by atoms with Crippen molar-refractivity contribution in [2.24, 2.45) is 0 Å². The van der Waals surface area contributed by atoms with E-state index < -0.39 is 17.2 Å². The third kappa shape index (κ3) is 5.04. The molecular formula is C30H30N4O4S. The molecule has 39 heavy (non-hydrogen) atoms. The van der Waals surface area contributed by atoms with Crippen LogP contribution in [0.5, 0.6) is 0 Å². The number of hydrogen-bond acceptors (Lipinski definition) is 7. The van der Waals surface area contributed by atoms with Crippen LogP contribution in [0.3, 0.4) is 0 Å². The molecule has 1 aliphatic carbocycles. The number of nitrogens with zero attached hydrogens (tertiary/aromatic N) is 3. The molecule has 0 atom stereocenters. The van der Waals surface area contributed by atoms with Crippen molar-refractivity contribution >= 4 is 29.0 Å². The molecule has 0 radical (unpaired) electrons. The summed E-state index contributed by atoms with van der Waals surface area (Å²) >= 11 is 1.29. The number of carbonyl (C=O) groups is 1. The molecule has 1 amide bonds. The number of nitriles is 1. The van der Waals surface area contributed by atoms with E-state index in [0.29, 0.717) is 21.9 Å². The van der Waals surface area contributed by atoms with Gasteiger partial charge in [0.2, 0.25) is 5.71 Å². The summed E-state index contributed by atoms with van der Waals surface area (Å²) in [4.78, 5) is 30.8. The first-order chi connectivity index (χ1) is 18.7. The van der Waals surface area contributed by atoms with Gasteiger partial charge in [-0.2, -0.15) is 10.2 Å². The van der Waals surface area contributed by atoms with Crippen LogP contribution in [0.4, 0.5) is 4.79 Å². The summed E-state index contributed by atoms with van der Waals surface area (Å²) in [6.45, 7) is 5.43. The second kappa shape index (κ2) is 10.3. The van der Waals surface area contributed by atoms with Crippen LogP contribution in [0.25, 0.3) is 33.6 Å². The van der Waals surface area contributed by atoms with Gasteiger partial charge in [-0.1, -0.05) is 66.4 Å². The molecule has 0 unspecified atom stereocenters. The maximum absolute atomic E-state index is 13.6. The summed E-state index contributed by atoms with van der Waals surface area (Å²) in [7, 11) is 0. The van der Waals surface area contributed by atoms with Crippen LogP contribution < -0.4 is 10.9 Å². The number of alkyl carbamates (subject to hydrolysis) is 1. The third-order valence-corrected chi connectivity index (χ3v) is 7.57. The predicted molar refractivity (Wildman–Crippen MR) is 151 cm³/mol. The van der Waals surface area contributed by atoms with Crippen LogP contribution >= 0.6 is 11.8 Å². The van der Waals surface area contributed by atoms with E-state index in [0.717, 1.165) is 36.0 Å². The monoisotopic (exact) mass is 542 g/mol. The van der Waals surface area contributed by atoms with Gasteiger partial charge in [-0.3, -0.25) is 9.36 Å². The molecule has 1 N–H and O–H groups in total. The summed E-state index contributed by atoms with van der Waals surface area (Å²) in [5, 5.41) is 13.2. The van der Waals surface area contributed by atoms with Crippen LogP contribution in [0.2, 0.25) is 0 Å². The van der Waals surface area contributed by atoms with Gasteiger partial charge in [0.1, 0.15) is 23.3 Å². The van der Waals surface area contributed by atoms with E-state index in [-0.39, 0.29) is 17.8 Å². The zero-order chi connectivity index (χ0) is 27.8. The Labute approximate surface area is 231 Å². The van der Waals surface area contributed by atoms with E-state index in [9.17, 15) is 14.9 Å². The molecule has 1 aliphatic rings. The van der Waals surface area contributed by atoms with Gasteiger partial charge in [-0.15, -0.1) is 0 Å². The summed E-state index contributed by atoms with van der Waals surface area (Å²) in [5.41, 5.74) is 2.09. The van der Waals surface area contributed by atoms with Gasteiger partial charge in [-0.25, -0.2) is 4.79 Å². The van der Waals surface area contributed by atoms with Crippen LogP contribution in [-0.4, -0.2) is 27.5 Å². The lowest BCUT2D eigenvalue weighted by atomic mass is 9.71. The van der Waals surface area contributed by atoms with E-state index in [1.54, 1.807) is 0 Å². The SMILES string of the molecule is CSc1nc2oc(-c3ccc(C4(NC(=O)OC(C)(C)C)CCC4)cc3)c(-c3ccccc3)c2c(=O)n1CC#N. The Morgan fingerprint density at radius 2 is 1.85 bits per heavy atom. The highest BCUT2D eigenvalue weighted by atomic mass is 32.2. The fourth-order valence-corrected chi connectivity index (χ4v) is 5.51. The number of amides is 1. The molecule has 1 fully saturated rings. The van der Waals surface area contributed by atoms with E-state index >= 15 is 0 Å². The van der Waals surface area contributed by atoms with Crippen molar-refractivity contribution in [1.82, 2.24) is 14.9 Å². The number of hydrogen-bond donors (Lipinski definition) is 1. The molecular weight excluding hydrogens is 512 g/mol. The third-order valence-electron chi connectivity index (χ3n) is 6.90. The van der Waals surface area contributed by atoms with Gasteiger partial charge in [0.25, 0.3) is 5.56 Å². The topological polar surface area (TPSA) is 110 Å². The molecule has 4 aromatic rings. The van der Waals surface area contributed by atoms with E-state index in [4.69, 9.17) is 9.15 Å². The second-order valence-corrected chi connectivity index (χ2v) is 11.4. The molecule has 2 heterocycles. The van der Waals surface area contributed by atoms with E-state index in [1.165, 1.54) is 16.3 Å². The molecule has 0 bridgehead atoms. The number of ether oxygens (including phenoxy) is 1. The highest BCUT2D eigenvalue weighted by molar-refractivity contribution is 7.98. The summed E-state index contributed by atoms with van der Waals surface area (Å²) in [6, 6.07) is 19.5. The summed E-state index contributed by atoms with van der Waals surface area (Å²) < 4.78 is 13.2. The number of fused-ring (bicyclic) bond motifs is 1. The number of aromatic nitrogens is 2. The van der Waals surface area contributed by atoms with E-state index in [2.05, 4.69) is 16.4 Å². The highest BCUT2D eigenvalue weighted by Crippen LogP contribution is 2.44. The molecule has 9 heteroatoms. The minimum Gasteiger partial charge on any atom is -0.444 e. The first-order valence-corrected chi connectivity index (χ1v) is 14.0.